The number of carbonyl (C=O) groups is 1. The molecule has 0 radical (unpaired) electrons. The smallest absolute Gasteiger partial charge is 0.222 e. The molecule has 0 atom stereocenters. The van der Waals surface area contributed by atoms with Gasteiger partial charge in [-0.1, -0.05) is 6.07 Å². The van der Waals surface area contributed by atoms with E-state index in [0.717, 1.165) is 5.56 Å². The summed E-state index contributed by atoms with van der Waals surface area (Å²) in [5, 5.41) is 0. The zero-order valence-electron chi connectivity index (χ0n) is 12.5. The molecule has 0 bridgehead atoms. The molecule has 1 amide bonds. The Bertz CT molecular complexity index is 587. The van der Waals surface area contributed by atoms with Crippen LogP contribution in [0.15, 0.2) is 48.8 Å². The molecule has 0 aliphatic carbocycles. The van der Waals surface area contributed by atoms with Gasteiger partial charge in [-0.15, -0.1) is 0 Å². The Morgan fingerprint density at radius 3 is 2.73 bits per heavy atom. The van der Waals surface area contributed by atoms with Gasteiger partial charge in [-0.3, -0.25) is 9.78 Å². The number of amides is 1. The van der Waals surface area contributed by atoms with Gasteiger partial charge in [0.15, 0.2) is 0 Å². The first kappa shape index (κ1) is 15.9. The third-order valence-electron chi connectivity index (χ3n) is 3.19. The van der Waals surface area contributed by atoms with Crippen molar-refractivity contribution in [3.63, 3.8) is 0 Å². The van der Waals surface area contributed by atoms with Crippen LogP contribution < -0.4 is 4.74 Å². The Morgan fingerprint density at radius 2 is 2.05 bits per heavy atom. The number of hydrogen-bond acceptors (Lipinski definition) is 3. The molecule has 0 saturated carbocycles. The van der Waals surface area contributed by atoms with Crippen LogP contribution >= 0.6 is 0 Å². The van der Waals surface area contributed by atoms with E-state index in [-0.39, 0.29) is 11.7 Å². The molecule has 0 fully saturated rings. The van der Waals surface area contributed by atoms with Gasteiger partial charge >= 0.3 is 0 Å². The van der Waals surface area contributed by atoms with E-state index in [0.29, 0.717) is 31.7 Å². The van der Waals surface area contributed by atoms with Crippen LogP contribution in [0.1, 0.15) is 18.4 Å². The Morgan fingerprint density at radius 1 is 1.27 bits per heavy atom. The summed E-state index contributed by atoms with van der Waals surface area (Å²) in [7, 11) is 1.77. The standard InChI is InChI=1S/C17H19FN2O2/c1-20(13-14-4-2-10-19-12-14)17(21)5-3-11-22-16-8-6-15(18)7-9-16/h2,4,6-10,12H,3,5,11,13H2,1H3. The van der Waals surface area contributed by atoms with Gasteiger partial charge in [0, 0.05) is 32.4 Å². The number of hydrogen-bond donors (Lipinski definition) is 0. The van der Waals surface area contributed by atoms with Crippen LogP contribution in [-0.4, -0.2) is 29.4 Å². The molecular formula is C17H19FN2O2. The van der Waals surface area contributed by atoms with E-state index in [9.17, 15) is 9.18 Å². The third-order valence-corrected chi connectivity index (χ3v) is 3.19. The number of pyridine rings is 1. The molecule has 116 valence electrons. The second-order valence-corrected chi connectivity index (χ2v) is 5.02. The maximum atomic E-state index is 12.7. The van der Waals surface area contributed by atoms with Gasteiger partial charge in [0.05, 0.1) is 6.61 Å². The summed E-state index contributed by atoms with van der Waals surface area (Å²) in [5.74, 6) is 0.378. The molecule has 22 heavy (non-hydrogen) atoms. The lowest BCUT2D eigenvalue weighted by Crippen LogP contribution is -2.26. The zero-order valence-corrected chi connectivity index (χ0v) is 12.5. The van der Waals surface area contributed by atoms with Crippen molar-refractivity contribution in [2.75, 3.05) is 13.7 Å². The van der Waals surface area contributed by atoms with Crippen molar-refractivity contribution < 1.29 is 13.9 Å². The SMILES string of the molecule is CN(Cc1cccnc1)C(=O)CCCOc1ccc(F)cc1. The highest BCUT2D eigenvalue weighted by molar-refractivity contribution is 5.75. The van der Waals surface area contributed by atoms with Crippen LogP contribution in [0.5, 0.6) is 5.75 Å². The Kier molecular flexibility index (Phi) is 5.89. The minimum Gasteiger partial charge on any atom is -0.494 e. The summed E-state index contributed by atoms with van der Waals surface area (Å²) in [6, 6.07) is 9.64. The van der Waals surface area contributed by atoms with Gasteiger partial charge in [0.25, 0.3) is 0 Å². The highest BCUT2D eigenvalue weighted by atomic mass is 19.1. The molecule has 1 heterocycles. The molecule has 2 rings (SSSR count). The van der Waals surface area contributed by atoms with Gasteiger partial charge < -0.3 is 9.64 Å². The average Bonchev–Trinajstić information content (AvgIpc) is 2.54. The highest BCUT2D eigenvalue weighted by Crippen LogP contribution is 2.12. The van der Waals surface area contributed by atoms with Crippen molar-refractivity contribution in [2.24, 2.45) is 0 Å². The maximum Gasteiger partial charge on any atom is 0.222 e. The van der Waals surface area contributed by atoms with E-state index in [1.54, 1.807) is 36.5 Å². The van der Waals surface area contributed by atoms with Gasteiger partial charge in [0.1, 0.15) is 11.6 Å². The maximum absolute atomic E-state index is 12.7. The summed E-state index contributed by atoms with van der Waals surface area (Å²) in [6.07, 6.45) is 4.49. The summed E-state index contributed by atoms with van der Waals surface area (Å²) < 4.78 is 18.2. The topological polar surface area (TPSA) is 42.4 Å². The first-order valence-corrected chi connectivity index (χ1v) is 7.16. The lowest BCUT2D eigenvalue weighted by molar-refractivity contribution is -0.130. The predicted molar refractivity (Wildman–Crippen MR) is 81.8 cm³/mol. The monoisotopic (exact) mass is 302 g/mol. The summed E-state index contributed by atoms with van der Waals surface area (Å²) in [5.41, 5.74) is 1.00. The van der Waals surface area contributed by atoms with Gasteiger partial charge in [-0.05, 0) is 42.3 Å². The largest absolute Gasteiger partial charge is 0.494 e. The Hall–Kier alpha value is -2.43. The van der Waals surface area contributed by atoms with Crippen LogP contribution in [0, 0.1) is 5.82 Å². The number of carbonyl (C=O) groups excluding carboxylic acids is 1. The third kappa shape index (κ3) is 5.16. The highest BCUT2D eigenvalue weighted by Gasteiger charge is 2.09. The van der Waals surface area contributed by atoms with Gasteiger partial charge in [-0.2, -0.15) is 0 Å². The first-order chi connectivity index (χ1) is 10.6. The van der Waals surface area contributed by atoms with Crippen LogP contribution in [0.3, 0.4) is 0 Å². The van der Waals surface area contributed by atoms with E-state index in [4.69, 9.17) is 4.74 Å². The van der Waals surface area contributed by atoms with Crippen molar-refractivity contribution in [1.29, 1.82) is 0 Å². The Balaban J connectivity index is 1.67. The van der Waals surface area contributed by atoms with Crippen molar-refractivity contribution in [3.8, 4) is 5.75 Å². The van der Waals surface area contributed by atoms with Crippen molar-refractivity contribution >= 4 is 5.91 Å². The van der Waals surface area contributed by atoms with Gasteiger partial charge in [-0.25, -0.2) is 4.39 Å². The fourth-order valence-corrected chi connectivity index (χ4v) is 1.99. The number of halogens is 1. The molecular weight excluding hydrogens is 283 g/mol. The van der Waals surface area contributed by atoms with Crippen LogP contribution in [0.4, 0.5) is 4.39 Å². The summed E-state index contributed by atoms with van der Waals surface area (Å²) >= 11 is 0. The van der Waals surface area contributed by atoms with Crippen LogP contribution in [0.2, 0.25) is 0 Å². The van der Waals surface area contributed by atoms with Crippen molar-refractivity contribution in [2.45, 2.75) is 19.4 Å². The number of aromatic nitrogens is 1. The van der Waals surface area contributed by atoms with Gasteiger partial charge in [0.2, 0.25) is 5.91 Å². The second-order valence-electron chi connectivity index (χ2n) is 5.02. The van der Waals surface area contributed by atoms with E-state index in [2.05, 4.69) is 4.98 Å². The molecule has 4 nitrogen and oxygen atoms in total. The average molecular weight is 302 g/mol. The van der Waals surface area contributed by atoms with Crippen LogP contribution in [0.25, 0.3) is 0 Å². The minimum atomic E-state index is -0.292. The van der Waals surface area contributed by atoms with E-state index in [1.165, 1.54) is 12.1 Å². The molecule has 0 spiro atoms. The summed E-state index contributed by atoms with van der Waals surface area (Å²) in [6.45, 7) is 0.976. The molecule has 0 aliphatic heterocycles. The first-order valence-electron chi connectivity index (χ1n) is 7.16. The number of ether oxygens (including phenoxy) is 1. The quantitative estimate of drug-likeness (QED) is 0.738. The molecule has 0 saturated heterocycles. The number of nitrogens with zero attached hydrogens (tertiary/aromatic N) is 2. The lowest BCUT2D eigenvalue weighted by atomic mass is 10.2. The van der Waals surface area contributed by atoms with Crippen molar-refractivity contribution in [3.05, 3.63) is 60.2 Å². The number of rotatable bonds is 7. The van der Waals surface area contributed by atoms with Crippen molar-refractivity contribution in [1.82, 2.24) is 9.88 Å². The second kappa shape index (κ2) is 8.12. The lowest BCUT2D eigenvalue weighted by Gasteiger charge is -2.17. The zero-order chi connectivity index (χ0) is 15.8. The van der Waals surface area contributed by atoms with E-state index in [1.807, 2.05) is 12.1 Å². The fraction of sp³-hybridized carbons (Fsp3) is 0.294. The Labute approximate surface area is 129 Å². The molecule has 0 N–H and O–H groups in total. The van der Waals surface area contributed by atoms with Crippen LogP contribution in [-0.2, 0) is 11.3 Å². The minimum absolute atomic E-state index is 0.0616. The molecule has 0 unspecified atom stereocenters. The summed E-state index contributed by atoms with van der Waals surface area (Å²) in [4.78, 5) is 17.7. The molecule has 1 aromatic heterocycles. The van der Waals surface area contributed by atoms with E-state index < -0.39 is 0 Å². The number of benzene rings is 1. The van der Waals surface area contributed by atoms with E-state index >= 15 is 0 Å². The molecule has 1 aromatic carbocycles. The molecule has 0 aliphatic rings. The molecule has 2 aromatic rings. The predicted octanol–water partition coefficient (Wildman–Crippen LogP) is 3.04. The fourth-order valence-electron chi connectivity index (χ4n) is 1.99. The normalized spacial score (nSPS) is 10.3. The molecule has 5 heteroatoms.